The number of piperazine rings is 1. The second kappa shape index (κ2) is 7.89. The van der Waals surface area contributed by atoms with Gasteiger partial charge in [0.25, 0.3) is 0 Å². The molecule has 0 spiro atoms. The fourth-order valence-corrected chi connectivity index (χ4v) is 4.16. The van der Waals surface area contributed by atoms with Gasteiger partial charge in [0.1, 0.15) is 5.54 Å². The average molecular weight is 392 g/mol. The number of nitrogens with one attached hydrogen (secondary N) is 1. The number of anilines is 1. The van der Waals surface area contributed by atoms with Crippen molar-refractivity contribution in [3.8, 4) is 0 Å². The number of hydrogen-bond donors (Lipinski definition) is 1. The zero-order valence-corrected chi connectivity index (χ0v) is 16.6. The molecule has 2 amide bonds. The predicted molar refractivity (Wildman–Crippen MR) is 105 cm³/mol. The summed E-state index contributed by atoms with van der Waals surface area (Å²) < 4.78 is 0. The van der Waals surface area contributed by atoms with E-state index < -0.39 is 5.54 Å². The van der Waals surface area contributed by atoms with E-state index in [0.29, 0.717) is 24.5 Å². The van der Waals surface area contributed by atoms with Crippen LogP contribution in [0.25, 0.3) is 0 Å². The molecule has 6 nitrogen and oxygen atoms in total. The molecule has 1 aromatic rings. The molecule has 3 rings (SSSR count). The van der Waals surface area contributed by atoms with Crippen LogP contribution in [0.5, 0.6) is 0 Å². The summed E-state index contributed by atoms with van der Waals surface area (Å²) >= 11 is 6.06. The zero-order valence-electron chi connectivity index (χ0n) is 15.8. The van der Waals surface area contributed by atoms with Crippen LogP contribution in [0.1, 0.15) is 33.1 Å². The number of halogens is 1. The van der Waals surface area contributed by atoms with Gasteiger partial charge in [0, 0.05) is 43.3 Å². The Balaban J connectivity index is 1.55. The lowest BCUT2D eigenvalue weighted by molar-refractivity contribution is -0.132. The molecule has 0 aromatic heterocycles. The van der Waals surface area contributed by atoms with Crippen molar-refractivity contribution < 1.29 is 14.4 Å². The third-order valence-corrected chi connectivity index (χ3v) is 5.94. The molecule has 2 fully saturated rings. The highest BCUT2D eigenvalue weighted by Gasteiger charge is 2.48. The van der Waals surface area contributed by atoms with Gasteiger partial charge in [0.05, 0.1) is 6.42 Å². The fourth-order valence-electron chi connectivity index (χ4n) is 3.97. The lowest BCUT2D eigenvalue weighted by Gasteiger charge is -2.37. The smallest absolute Gasteiger partial charge is 0.228 e. The van der Waals surface area contributed by atoms with Crippen LogP contribution < -0.4 is 10.2 Å². The zero-order chi connectivity index (χ0) is 19.6. The second-order valence-corrected chi connectivity index (χ2v) is 8.06. The Morgan fingerprint density at radius 3 is 2.48 bits per heavy atom. The van der Waals surface area contributed by atoms with Crippen molar-refractivity contribution in [2.45, 2.75) is 38.6 Å². The predicted octanol–water partition coefficient (Wildman–Crippen LogP) is 2.25. The van der Waals surface area contributed by atoms with E-state index in [1.54, 1.807) is 0 Å². The van der Waals surface area contributed by atoms with Crippen molar-refractivity contribution >= 4 is 34.9 Å². The molecule has 2 aliphatic heterocycles. The molecule has 1 unspecified atom stereocenters. The van der Waals surface area contributed by atoms with Gasteiger partial charge in [0.2, 0.25) is 11.8 Å². The van der Waals surface area contributed by atoms with Gasteiger partial charge in [-0.3, -0.25) is 14.4 Å². The minimum atomic E-state index is -0.893. The van der Waals surface area contributed by atoms with Crippen molar-refractivity contribution in [2.75, 3.05) is 31.1 Å². The molecule has 27 heavy (non-hydrogen) atoms. The number of carbonyl (C=O) groups is 3. The van der Waals surface area contributed by atoms with E-state index in [1.807, 2.05) is 43.0 Å². The van der Waals surface area contributed by atoms with E-state index in [0.717, 1.165) is 18.8 Å². The molecule has 0 radical (unpaired) electrons. The first-order valence-corrected chi connectivity index (χ1v) is 9.82. The number of benzene rings is 1. The number of nitrogens with zero attached hydrogens (tertiary/aromatic N) is 2. The average Bonchev–Trinajstić information content (AvgIpc) is 2.94. The summed E-state index contributed by atoms with van der Waals surface area (Å²) in [6.07, 6.45) is 0.550. The van der Waals surface area contributed by atoms with E-state index in [1.165, 1.54) is 0 Å². The monoisotopic (exact) mass is 391 g/mol. The summed E-state index contributed by atoms with van der Waals surface area (Å²) in [5, 5.41) is 3.53. The second-order valence-electron chi connectivity index (χ2n) is 7.62. The van der Waals surface area contributed by atoms with Crippen LogP contribution in [-0.4, -0.2) is 54.2 Å². The number of ketones is 1. The van der Waals surface area contributed by atoms with Crippen LogP contribution in [0.2, 0.25) is 5.02 Å². The third kappa shape index (κ3) is 4.10. The Labute approximate surface area is 164 Å². The Bertz CT molecular complexity index is 744. The van der Waals surface area contributed by atoms with Crippen molar-refractivity contribution in [2.24, 2.45) is 5.92 Å². The van der Waals surface area contributed by atoms with Crippen LogP contribution in [0.15, 0.2) is 24.3 Å². The fraction of sp³-hybridized carbons (Fsp3) is 0.550. The summed E-state index contributed by atoms with van der Waals surface area (Å²) in [6.45, 7) is 6.60. The van der Waals surface area contributed by atoms with E-state index in [2.05, 4.69) is 10.2 Å². The molecule has 0 bridgehead atoms. The number of Topliss-reactive ketones (excluding diaryl/α,β-unsaturated/α-hetero) is 1. The number of amides is 2. The van der Waals surface area contributed by atoms with Crippen molar-refractivity contribution in [3.05, 3.63) is 29.3 Å². The van der Waals surface area contributed by atoms with Gasteiger partial charge >= 0.3 is 0 Å². The molecule has 7 heteroatoms. The number of hydrogen-bond acceptors (Lipinski definition) is 4. The highest BCUT2D eigenvalue weighted by Crippen LogP contribution is 2.30. The SMILES string of the molecule is CC(C)C1(CCC(=O)N2CCN(c3cccc(Cl)c3)CC2)NC(=O)CC1=O. The molecule has 146 valence electrons. The van der Waals surface area contributed by atoms with Gasteiger partial charge < -0.3 is 15.1 Å². The first kappa shape index (κ1) is 19.7. The van der Waals surface area contributed by atoms with Gasteiger partial charge in [-0.2, -0.15) is 0 Å². The molecule has 0 saturated carbocycles. The van der Waals surface area contributed by atoms with Crippen molar-refractivity contribution in [1.82, 2.24) is 10.2 Å². The van der Waals surface area contributed by atoms with Crippen LogP contribution in [-0.2, 0) is 14.4 Å². The molecular formula is C20H26ClN3O3. The van der Waals surface area contributed by atoms with Crippen LogP contribution in [0, 0.1) is 5.92 Å². The highest BCUT2D eigenvalue weighted by atomic mass is 35.5. The highest BCUT2D eigenvalue weighted by molar-refractivity contribution is 6.30. The van der Waals surface area contributed by atoms with Crippen molar-refractivity contribution in [3.63, 3.8) is 0 Å². The van der Waals surface area contributed by atoms with Gasteiger partial charge in [-0.25, -0.2) is 0 Å². The summed E-state index contributed by atoms with van der Waals surface area (Å²) in [6, 6.07) is 7.72. The molecule has 1 atom stereocenters. The topological polar surface area (TPSA) is 69.7 Å². The molecule has 2 aliphatic rings. The van der Waals surface area contributed by atoms with E-state index >= 15 is 0 Å². The normalized spacial score (nSPS) is 23.1. The Morgan fingerprint density at radius 2 is 1.93 bits per heavy atom. The maximum atomic E-state index is 12.7. The first-order valence-electron chi connectivity index (χ1n) is 9.44. The lowest BCUT2D eigenvalue weighted by atomic mass is 9.80. The van der Waals surface area contributed by atoms with Gasteiger partial charge in [-0.1, -0.05) is 31.5 Å². The van der Waals surface area contributed by atoms with Crippen LogP contribution in [0.3, 0.4) is 0 Å². The maximum absolute atomic E-state index is 12.7. The molecule has 1 N–H and O–H groups in total. The maximum Gasteiger partial charge on any atom is 0.228 e. The van der Waals surface area contributed by atoms with Crippen LogP contribution >= 0.6 is 11.6 Å². The van der Waals surface area contributed by atoms with Gasteiger partial charge in [-0.15, -0.1) is 0 Å². The lowest BCUT2D eigenvalue weighted by Crippen LogP contribution is -2.53. The van der Waals surface area contributed by atoms with Gasteiger partial charge in [-0.05, 0) is 30.5 Å². The number of rotatable bonds is 5. The van der Waals surface area contributed by atoms with Crippen molar-refractivity contribution in [1.29, 1.82) is 0 Å². The first-order chi connectivity index (χ1) is 12.8. The minimum Gasteiger partial charge on any atom is -0.368 e. The third-order valence-electron chi connectivity index (χ3n) is 5.71. The van der Waals surface area contributed by atoms with Gasteiger partial charge in [0.15, 0.2) is 5.78 Å². The van der Waals surface area contributed by atoms with Crippen LogP contribution in [0.4, 0.5) is 5.69 Å². The quantitative estimate of drug-likeness (QED) is 0.781. The summed E-state index contributed by atoms with van der Waals surface area (Å²) in [5.41, 5.74) is 0.169. The van der Waals surface area contributed by atoms with E-state index in [9.17, 15) is 14.4 Å². The molecule has 2 heterocycles. The Morgan fingerprint density at radius 1 is 1.22 bits per heavy atom. The molecule has 1 aromatic carbocycles. The standard InChI is InChI=1S/C20H26ClN3O3/c1-14(2)20(17(25)13-18(26)22-20)7-6-19(27)24-10-8-23(9-11-24)16-5-3-4-15(21)12-16/h3-5,12,14H,6-11,13H2,1-2H3,(H,22,26). The molecule has 2 saturated heterocycles. The molecule has 0 aliphatic carbocycles. The molecular weight excluding hydrogens is 366 g/mol. The van der Waals surface area contributed by atoms with E-state index in [-0.39, 0.29) is 36.4 Å². The number of carbonyl (C=O) groups excluding carboxylic acids is 3. The Hall–Kier alpha value is -2.08. The Kier molecular flexibility index (Phi) is 5.75. The summed E-state index contributed by atoms with van der Waals surface area (Å²) in [7, 11) is 0. The largest absolute Gasteiger partial charge is 0.368 e. The summed E-state index contributed by atoms with van der Waals surface area (Å²) in [5.74, 6) is -0.337. The minimum absolute atomic E-state index is 0.0368. The summed E-state index contributed by atoms with van der Waals surface area (Å²) in [4.78, 5) is 40.7. The van der Waals surface area contributed by atoms with E-state index in [4.69, 9.17) is 11.6 Å².